The van der Waals surface area contributed by atoms with Gasteiger partial charge in [-0.3, -0.25) is 0 Å². The van der Waals surface area contributed by atoms with Crippen LogP contribution in [-0.2, 0) is 11.3 Å². The number of halogens is 1. The molecule has 0 radical (unpaired) electrons. The van der Waals surface area contributed by atoms with E-state index in [9.17, 15) is 0 Å². The first-order chi connectivity index (χ1) is 9.49. The Labute approximate surface area is 127 Å². The van der Waals surface area contributed by atoms with E-state index in [2.05, 4.69) is 19.2 Å². The zero-order chi connectivity index (χ0) is 15.0. The highest BCUT2D eigenvalue weighted by Crippen LogP contribution is 2.25. The summed E-state index contributed by atoms with van der Waals surface area (Å²) < 4.78 is 11.0. The molecule has 0 bridgehead atoms. The van der Waals surface area contributed by atoms with E-state index in [1.54, 1.807) is 0 Å². The lowest BCUT2D eigenvalue weighted by Gasteiger charge is -2.12. The predicted molar refractivity (Wildman–Crippen MR) is 84.6 cm³/mol. The first kappa shape index (κ1) is 17.3. The average molecular weight is 300 g/mol. The maximum atomic E-state index is 6.22. The maximum absolute atomic E-state index is 6.22. The molecule has 0 aliphatic rings. The van der Waals surface area contributed by atoms with Gasteiger partial charge in [-0.05, 0) is 44.0 Å². The molecule has 0 saturated heterocycles. The number of benzene rings is 1. The van der Waals surface area contributed by atoms with Crippen molar-refractivity contribution in [3.05, 3.63) is 28.8 Å². The van der Waals surface area contributed by atoms with Gasteiger partial charge in [-0.25, -0.2) is 0 Å². The quantitative estimate of drug-likeness (QED) is 0.702. The number of hydrogen-bond donors (Lipinski definition) is 1. The Bertz CT molecular complexity index is 394. The van der Waals surface area contributed by atoms with Crippen molar-refractivity contribution >= 4 is 11.6 Å². The van der Waals surface area contributed by atoms with Crippen LogP contribution in [0.2, 0.25) is 5.02 Å². The van der Waals surface area contributed by atoms with Gasteiger partial charge in [0.05, 0.1) is 17.7 Å². The van der Waals surface area contributed by atoms with E-state index in [0.717, 1.165) is 13.1 Å². The number of ether oxygens (including phenoxy) is 2. The lowest BCUT2D eigenvalue weighted by molar-refractivity contribution is 0.0553. The molecule has 114 valence electrons. The van der Waals surface area contributed by atoms with E-state index in [4.69, 9.17) is 21.1 Å². The van der Waals surface area contributed by atoms with Crippen molar-refractivity contribution in [1.82, 2.24) is 5.32 Å². The van der Waals surface area contributed by atoms with Crippen LogP contribution in [0.25, 0.3) is 0 Å². The van der Waals surface area contributed by atoms with Crippen molar-refractivity contribution in [3.8, 4) is 5.75 Å². The van der Waals surface area contributed by atoms with Crippen molar-refractivity contribution in [3.63, 3.8) is 0 Å². The fourth-order valence-corrected chi connectivity index (χ4v) is 1.97. The smallest absolute Gasteiger partial charge is 0.138 e. The van der Waals surface area contributed by atoms with Gasteiger partial charge in [0.15, 0.2) is 0 Å². The molecule has 0 aliphatic carbocycles. The number of hydrogen-bond acceptors (Lipinski definition) is 3. The molecule has 0 aliphatic heterocycles. The SMILES string of the molecule is CC(C)CNCc1ccc(OCCOC(C)C)c(Cl)c1. The van der Waals surface area contributed by atoms with Gasteiger partial charge in [0.1, 0.15) is 12.4 Å². The summed E-state index contributed by atoms with van der Waals surface area (Å²) in [4.78, 5) is 0. The molecule has 0 aromatic heterocycles. The van der Waals surface area contributed by atoms with Crippen LogP contribution < -0.4 is 10.1 Å². The van der Waals surface area contributed by atoms with E-state index in [1.807, 2.05) is 32.0 Å². The van der Waals surface area contributed by atoms with Crippen molar-refractivity contribution < 1.29 is 9.47 Å². The lowest BCUT2D eigenvalue weighted by Crippen LogP contribution is -2.18. The fourth-order valence-electron chi connectivity index (χ4n) is 1.71. The van der Waals surface area contributed by atoms with E-state index < -0.39 is 0 Å². The van der Waals surface area contributed by atoms with Crippen molar-refractivity contribution in [2.45, 2.75) is 40.3 Å². The van der Waals surface area contributed by atoms with Crippen LogP contribution in [-0.4, -0.2) is 25.9 Å². The summed E-state index contributed by atoms with van der Waals surface area (Å²) in [6.45, 7) is 11.3. The normalized spacial score (nSPS) is 11.3. The van der Waals surface area contributed by atoms with E-state index in [0.29, 0.717) is 29.9 Å². The Morgan fingerprint density at radius 2 is 1.90 bits per heavy atom. The summed E-state index contributed by atoms with van der Waals surface area (Å²) in [5.74, 6) is 1.36. The van der Waals surface area contributed by atoms with Gasteiger partial charge < -0.3 is 14.8 Å². The molecule has 4 heteroatoms. The molecule has 1 N–H and O–H groups in total. The second kappa shape index (κ2) is 9.22. The fraction of sp³-hybridized carbons (Fsp3) is 0.625. The molecule has 0 saturated carbocycles. The van der Waals surface area contributed by atoms with Crippen LogP contribution in [0.4, 0.5) is 0 Å². The van der Waals surface area contributed by atoms with E-state index in [-0.39, 0.29) is 6.10 Å². The number of rotatable bonds is 9. The Hall–Kier alpha value is -0.770. The summed E-state index contributed by atoms with van der Waals surface area (Å²) in [5.41, 5.74) is 1.17. The lowest BCUT2D eigenvalue weighted by atomic mass is 10.2. The van der Waals surface area contributed by atoms with Gasteiger partial charge in [0.2, 0.25) is 0 Å². The minimum absolute atomic E-state index is 0.225. The molecule has 1 rings (SSSR count). The summed E-state index contributed by atoms with van der Waals surface area (Å²) in [5, 5.41) is 4.04. The largest absolute Gasteiger partial charge is 0.490 e. The minimum Gasteiger partial charge on any atom is -0.490 e. The molecule has 0 unspecified atom stereocenters. The second-order valence-electron chi connectivity index (χ2n) is 5.56. The minimum atomic E-state index is 0.225. The zero-order valence-corrected chi connectivity index (χ0v) is 13.7. The molecule has 1 aromatic carbocycles. The third kappa shape index (κ3) is 7.13. The summed E-state index contributed by atoms with van der Waals surface area (Å²) in [6.07, 6.45) is 0.225. The van der Waals surface area contributed by atoms with Gasteiger partial charge in [-0.15, -0.1) is 0 Å². The van der Waals surface area contributed by atoms with E-state index >= 15 is 0 Å². The topological polar surface area (TPSA) is 30.5 Å². The van der Waals surface area contributed by atoms with Gasteiger partial charge >= 0.3 is 0 Å². The third-order valence-corrected chi connectivity index (χ3v) is 2.97. The van der Waals surface area contributed by atoms with Crippen molar-refractivity contribution in [2.24, 2.45) is 5.92 Å². The van der Waals surface area contributed by atoms with Crippen LogP contribution in [0.3, 0.4) is 0 Å². The summed E-state index contributed by atoms with van der Waals surface area (Å²) in [7, 11) is 0. The first-order valence-electron chi connectivity index (χ1n) is 7.22. The molecule has 20 heavy (non-hydrogen) atoms. The van der Waals surface area contributed by atoms with Gasteiger partial charge in [-0.2, -0.15) is 0 Å². The molecule has 0 heterocycles. The highest BCUT2D eigenvalue weighted by Gasteiger charge is 2.04. The molecule has 0 fully saturated rings. The Kier molecular flexibility index (Phi) is 7.97. The molecule has 0 spiro atoms. The maximum Gasteiger partial charge on any atom is 0.138 e. The third-order valence-electron chi connectivity index (χ3n) is 2.67. The molecule has 0 atom stereocenters. The van der Waals surface area contributed by atoms with Crippen LogP contribution in [0.15, 0.2) is 18.2 Å². The Morgan fingerprint density at radius 3 is 2.50 bits per heavy atom. The predicted octanol–water partition coefficient (Wildman–Crippen LogP) is 3.89. The monoisotopic (exact) mass is 299 g/mol. The van der Waals surface area contributed by atoms with Crippen LogP contribution in [0.1, 0.15) is 33.3 Å². The highest BCUT2D eigenvalue weighted by molar-refractivity contribution is 6.32. The summed E-state index contributed by atoms with van der Waals surface area (Å²) >= 11 is 6.22. The molecule has 0 amide bonds. The van der Waals surface area contributed by atoms with Crippen LogP contribution in [0.5, 0.6) is 5.75 Å². The number of nitrogens with one attached hydrogen (secondary N) is 1. The van der Waals surface area contributed by atoms with Gasteiger partial charge in [-0.1, -0.05) is 31.5 Å². The van der Waals surface area contributed by atoms with Crippen molar-refractivity contribution in [1.29, 1.82) is 0 Å². The highest BCUT2D eigenvalue weighted by atomic mass is 35.5. The average Bonchev–Trinajstić information content (AvgIpc) is 2.36. The first-order valence-corrected chi connectivity index (χ1v) is 7.60. The molecular weight excluding hydrogens is 274 g/mol. The van der Waals surface area contributed by atoms with Crippen molar-refractivity contribution in [2.75, 3.05) is 19.8 Å². The van der Waals surface area contributed by atoms with E-state index in [1.165, 1.54) is 5.56 Å². The second-order valence-corrected chi connectivity index (χ2v) is 5.96. The molecule has 1 aromatic rings. The van der Waals surface area contributed by atoms with Gasteiger partial charge in [0, 0.05) is 6.54 Å². The summed E-state index contributed by atoms with van der Waals surface area (Å²) in [6, 6.07) is 5.91. The molecular formula is C16H26ClNO2. The van der Waals surface area contributed by atoms with Crippen LogP contribution in [0, 0.1) is 5.92 Å². The Morgan fingerprint density at radius 1 is 1.15 bits per heavy atom. The molecule has 3 nitrogen and oxygen atoms in total. The Balaban J connectivity index is 2.39. The zero-order valence-electron chi connectivity index (χ0n) is 12.9. The van der Waals surface area contributed by atoms with Gasteiger partial charge in [0.25, 0.3) is 0 Å². The standard InChI is InChI=1S/C16H26ClNO2/c1-12(2)10-18-11-14-5-6-16(15(17)9-14)20-8-7-19-13(3)4/h5-6,9,12-13,18H,7-8,10-11H2,1-4H3. The van der Waals surface area contributed by atoms with Crippen LogP contribution >= 0.6 is 11.6 Å².